The van der Waals surface area contributed by atoms with E-state index in [4.69, 9.17) is 16.3 Å². The predicted molar refractivity (Wildman–Crippen MR) is 135 cm³/mol. The van der Waals surface area contributed by atoms with Gasteiger partial charge in [0.05, 0.1) is 24.6 Å². The Morgan fingerprint density at radius 3 is 2.50 bits per heavy atom. The van der Waals surface area contributed by atoms with Crippen LogP contribution < -0.4 is 15.4 Å². The van der Waals surface area contributed by atoms with Crippen molar-refractivity contribution in [1.82, 2.24) is 20.1 Å². The zero-order valence-corrected chi connectivity index (χ0v) is 21.3. The summed E-state index contributed by atoms with van der Waals surface area (Å²) in [6, 6.07) is 11.9. The second-order valence-corrected chi connectivity index (χ2v) is 9.52. The van der Waals surface area contributed by atoms with Gasteiger partial charge in [-0.05, 0) is 54.8 Å². The average Bonchev–Trinajstić information content (AvgIpc) is 3.16. The fourth-order valence-electron chi connectivity index (χ4n) is 3.31. The summed E-state index contributed by atoms with van der Waals surface area (Å²) in [5.74, 6) is 1.01. The Hall–Kier alpha value is -3.04. The highest BCUT2D eigenvalue weighted by molar-refractivity contribution is 7.99. The van der Waals surface area contributed by atoms with Crippen molar-refractivity contribution < 1.29 is 14.3 Å². The number of rotatable bonds is 9. The van der Waals surface area contributed by atoms with E-state index in [9.17, 15) is 9.59 Å². The van der Waals surface area contributed by atoms with Crippen LogP contribution in [-0.2, 0) is 11.8 Å². The molecule has 1 aromatic heterocycles. The topological polar surface area (TPSA) is 98.1 Å². The molecule has 2 amide bonds. The van der Waals surface area contributed by atoms with Gasteiger partial charge in [-0.2, -0.15) is 0 Å². The van der Waals surface area contributed by atoms with E-state index >= 15 is 0 Å². The van der Waals surface area contributed by atoms with Gasteiger partial charge in [0.1, 0.15) is 5.75 Å². The van der Waals surface area contributed by atoms with Gasteiger partial charge < -0.3 is 19.9 Å². The highest BCUT2D eigenvalue weighted by atomic mass is 35.5. The number of thioether (sulfide) groups is 1. The van der Waals surface area contributed by atoms with Crippen molar-refractivity contribution in [2.24, 2.45) is 13.0 Å². The molecule has 0 bridgehead atoms. The molecule has 0 aliphatic heterocycles. The Bertz CT molecular complexity index is 1160. The van der Waals surface area contributed by atoms with Gasteiger partial charge in [0.2, 0.25) is 5.91 Å². The number of nitrogens with one attached hydrogen (secondary N) is 2. The van der Waals surface area contributed by atoms with E-state index < -0.39 is 0 Å². The summed E-state index contributed by atoms with van der Waals surface area (Å²) in [4.78, 5) is 25.3. The molecule has 1 heterocycles. The van der Waals surface area contributed by atoms with Gasteiger partial charge in [0, 0.05) is 17.6 Å². The lowest BCUT2D eigenvalue weighted by atomic mass is 10.0. The Balaban J connectivity index is 1.67. The first kappa shape index (κ1) is 25.6. The minimum Gasteiger partial charge on any atom is -0.495 e. The van der Waals surface area contributed by atoms with Crippen LogP contribution in [0.5, 0.6) is 5.75 Å². The number of nitrogens with zero attached hydrogens (tertiary/aromatic N) is 3. The van der Waals surface area contributed by atoms with E-state index in [2.05, 4.69) is 20.8 Å². The summed E-state index contributed by atoms with van der Waals surface area (Å²) in [5.41, 5.74) is 2.15. The molecule has 1 atom stereocenters. The molecule has 0 spiro atoms. The number of halogens is 1. The van der Waals surface area contributed by atoms with Gasteiger partial charge in [-0.1, -0.05) is 43.3 Å². The van der Waals surface area contributed by atoms with Crippen LogP contribution in [0, 0.1) is 12.8 Å². The zero-order chi connectivity index (χ0) is 24.8. The maximum Gasteiger partial charge on any atom is 0.251 e. The van der Waals surface area contributed by atoms with E-state index in [1.807, 2.05) is 46.0 Å². The normalized spacial score (nSPS) is 11.9. The number of carbonyl (C=O) groups excluding carboxylic acids is 2. The Labute approximate surface area is 208 Å². The monoisotopic (exact) mass is 501 g/mol. The van der Waals surface area contributed by atoms with Crippen LogP contribution in [0.3, 0.4) is 0 Å². The number of hydrogen-bond acceptors (Lipinski definition) is 6. The molecule has 0 saturated heterocycles. The van der Waals surface area contributed by atoms with Crippen molar-refractivity contribution in [3.63, 3.8) is 0 Å². The smallest absolute Gasteiger partial charge is 0.251 e. The van der Waals surface area contributed by atoms with Crippen molar-refractivity contribution in [3.8, 4) is 5.75 Å². The maximum absolute atomic E-state index is 12.7. The molecule has 34 heavy (non-hydrogen) atoms. The largest absolute Gasteiger partial charge is 0.495 e. The number of ether oxygens (including phenoxy) is 1. The van der Waals surface area contributed by atoms with Gasteiger partial charge in [-0.25, -0.2) is 0 Å². The molecule has 0 saturated carbocycles. The number of anilines is 1. The van der Waals surface area contributed by atoms with Crippen LogP contribution in [0.25, 0.3) is 0 Å². The second kappa shape index (κ2) is 11.4. The molecule has 0 aliphatic carbocycles. The summed E-state index contributed by atoms with van der Waals surface area (Å²) in [7, 11) is 3.38. The Morgan fingerprint density at radius 2 is 1.85 bits per heavy atom. The Kier molecular flexibility index (Phi) is 8.57. The SMILES string of the molecule is COc1ccc(C)cc1NC(=O)CSc1nnc([C@@H](NC(=O)c2ccc(Cl)cc2)C(C)C)n1C. The lowest BCUT2D eigenvalue weighted by Gasteiger charge is -2.21. The summed E-state index contributed by atoms with van der Waals surface area (Å²) < 4.78 is 7.12. The van der Waals surface area contributed by atoms with Gasteiger partial charge in [-0.15, -0.1) is 10.2 Å². The Morgan fingerprint density at radius 1 is 1.15 bits per heavy atom. The second-order valence-electron chi connectivity index (χ2n) is 8.14. The molecule has 3 aromatic rings. The van der Waals surface area contributed by atoms with Gasteiger partial charge in [0.25, 0.3) is 5.91 Å². The third kappa shape index (κ3) is 6.30. The lowest BCUT2D eigenvalue weighted by molar-refractivity contribution is -0.113. The van der Waals surface area contributed by atoms with Crippen LogP contribution in [-0.4, -0.2) is 39.4 Å². The number of carbonyl (C=O) groups is 2. The molecule has 2 aromatic carbocycles. The third-order valence-corrected chi connectivity index (χ3v) is 6.44. The molecule has 8 nitrogen and oxygen atoms in total. The van der Waals surface area contributed by atoms with Crippen molar-refractivity contribution in [3.05, 3.63) is 64.4 Å². The minimum atomic E-state index is -0.361. The number of benzene rings is 2. The maximum atomic E-state index is 12.7. The van der Waals surface area contributed by atoms with Gasteiger partial charge in [-0.3, -0.25) is 9.59 Å². The van der Waals surface area contributed by atoms with Crippen molar-refractivity contribution >= 4 is 40.9 Å². The predicted octanol–water partition coefficient (Wildman–Crippen LogP) is 4.64. The molecular formula is C24H28ClN5O3S. The molecule has 3 rings (SSSR count). The van der Waals surface area contributed by atoms with E-state index in [1.54, 1.807) is 35.9 Å². The van der Waals surface area contributed by atoms with Crippen LogP contribution in [0.15, 0.2) is 47.6 Å². The van der Waals surface area contributed by atoms with E-state index in [1.165, 1.54) is 11.8 Å². The summed E-state index contributed by atoms with van der Waals surface area (Å²) >= 11 is 7.19. The fraction of sp³-hybridized carbons (Fsp3) is 0.333. The number of aryl methyl sites for hydroxylation is 1. The molecule has 2 N–H and O–H groups in total. The van der Waals surface area contributed by atoms with Crippen LogP contribution in [0.1, 0.15) is 41.6 Å². The molecule has 0 fully saturated rings. The third-order valence-electron chi connectivity index (χ3n) is 5.17. The first-order chi connectivity index (χ1) is 16.2. The van der Waals surface area contributed by atoms with E-state index in [0.717, 1.165) is 5.56 Å². The van der Waals surface area contributed by atoms with Gasteiger partial charge in [0.15, 0.2) is 11.0 Å². The molecule has 180 valence electrons. The summed E-state index contributed by atoms with van der Waals surface area (Å²) in [6.45, 7) is 5.94. The number of aromatic nitrogens is 3. The molecule has 0 aliphatic rings. The van der Waals surface area contributed by atoms with Crippen molar-refractivity contribution in [2.75, 3.05) is 18.2 Å². The molecule has 0 radical (unpaired) electrons. The fourth-order valence-corrected chi connectivity index (χ4v) is 4.16. The first-order valence-corrected chi connectivity index (χ1v) is 12.1. The molecular weight excluding hydrogens is 474 g/mol. The summed E-state index contributed by atoms with van der Waals surface area (Å²) in [6.07, 6.45) is 0. The quantitative estimate of drug-likeness (QED) is 0.414. The van der Waals surface area contributed by atoms with E-state index in [-0.39, 0.29) is 29.5 Å². The standard InChI is InChI=1S/C24H28ClN5O3S/c1-14(2)21(27-23(32)16-7-9-17(25)10-8-16)22-28-29-24(30(22)4)34-13-20(31)26-18-12-15(3)6-11-19(18)33-5/h6-12,14,21H,13H2,1-5H3,(H,26,31)(H,27,32)/t21-/m0/s1. The van der Waals surface area contributed by atoms with Crippen LogP contribution in [0.4, 0.5) is 5.69 Å². The average molecular weight is 502 g/mol. The molecule has 0 unspecified atom stereocenters. The number of methoxy groups -OCH3 is 1. The first-order valence-electron chi connectivity index (χ1n) is 10.7. The lowest BCUT2D eigenvalue weighted by Crippen LogP contribution is -2.33. The number of hydrogen-bond donors (Lipinski definition) is 2. The number of amides is 2. The van der Waals surface area contributed by atoms with Crippen molar-refractivity contribution in [2.45, 2.75) is 32.0 Å². The molecule has 10 heteroatoms. The highest BCUT2D eigenvalue weighted by Crippen LogP contribution is 2.27. The zero-order valence-electron chi connectivity index (χ0n) is 19.8. The minimum absolute atomic E-state index is 0.0640. The van der Waals surface area contributed by atoms with E-state index in [0.29, 0.717) is 33.0 Å². The van der Waals surface area contributed by atoms with Crippen LogP contribution in [0.2, 0.25) is 5.02 Å². The van der Waals surface area contributed by atoms with Gasteiger partial charge >= 0.3 is 0 Å². The summed E-state index contributed by atoms with van der Waals surface area (Å²) in [5, 5.41) is 15.6. The highest BCUT2D eigenvalue weighted by Gasteiger charge is 2.25. The van der Waals surface area contributed by atoms with Crippen LogP contribution >= 0.6 is 23.4 Å². The van der Waals surface area contributed by atoms with Crippen molar-refractivity contribution in [1.29, 1.82) is 0 Å².